The van der Waals surface area contributed by atoms with Crippen molar-refractivity contribution in [2.45, 2.75) is 0 Å². The molecule has 12 heavy (non-hydrogen) atoms. The van der Waals surface area contributed by atoms with Crippen molar-refractivity contribution < 1.29 is 4.39 Å². The summed E-state index contributed by atoms with van der Waals surface area (Å²) in [6.07, 6.45) is 0. The Morgan fingerprint density at radius 3 is 2.75 bits per heavy atom. The van der Waals surface area contributed by atoms with Crippen molar-refractivity contribution in [1.29, 1.82) is 0 Å². The highest BCUT2D eigenvalue weighted by molar-refractivity contribution is 7.80. The molecule has 0 amide bonds. The number of nitrogens with two attached hydrogens (primary N) is 1. The molecule has 0 bridgehead atoms. The van der Waals surface area contributed by atoms with Crippen LogP contribution in [0.2, 0.25) is 0 Å². The molecule has 0 unspecified atom stereocenters. The molecule has 0 saturated carbocycles. The first-order valence-corrected chi connectivity index (χ1v) is 3.83. The number of hydrogen-bond donors (Lipinski definition) is 2. The summed E-state index contributed by atoms with van der Waals surface area (Å²) in [5, 5.41) is 2.87. The highest BCUT2D eigenvalue weighted by atomic mass is 32.1. The summed E-state index contributed by atoms with van der Waals surface area (Å²) in [6, 6.07) is 4.27. The molecule has 0 aromatic heterocycles. The topological polar surface area (TPSA) is 38.0 Å². The summed E-state index contributed by atoms with van der Waals surface area (Å²) in [4.78, 5) is 0.193. The number of halogens is 1. The zero-order valence-electron chi connectivity index (χ0n) is 6.60. The molecule has 0 aliphatic rings. The monoisotopic (exact) mass is 184 g/mol. The Balaban J connectivity index is 3.21. The molecule has 1 rings (SSSR count). The van der Waals surface area contributed by atoms with Gasteiger partial charge in [0.25, 0.3) is 0 Å². The lowest BCUT2D eigenvalue weighted by molar-refractivity contribution is 0.628. The van der Waals surface area contributed by atoms with Gasteiger partial charge in [-0.3, -0.25) is 0 Å². The molecule has 0 radical (unpaired) electrons. The van der Waals surface area contributed by atoms with Crippen LogP contribution in [0.25, 0.3) is 0 Å². The third-order valence-corrected chi connectivity index (χ3v) is 1.74. The zero-order chi connectivity index (χ0) is 9.14. The molecule has 1 aromatic rings. The molecule has 4 heteroatoms. The van der Waals surface area contributed by atoms with Gasteiger partial charge in [0, 0.05) is 18.3 Å². The van der Waals surface area contributed by atoms with Crippen molar-refractivity contribution >= 4 is 22.9 Å². The van der Waals surface area contributed by atoms with Crippen LogP contribution in [-0.4, -0.2) is 12.0 Å². The van der Waals surface area contributed by atoms with Crippen molar-refractivity contribution in [1.82, 2.24) is 0 Å². The van der Waals surface area contributed by atoms with E-state index in [1.165, 1.54) is 12.1 Å². The summed E-state index contributed by atoms with van der Waals surface area (Å²) < 4.78 is 12.7. The van der Waals surface area contributed by atoms with Crippen LogP contribution in [0.15, 0.2) is 18.2 Å². The van der Waals surface area contributed by atoms with Crippen LogP contribution in [0.4, 0.5) is 10.1 Å². The van der Waals surface area contributed by atoms with E-state index in [9.17, 15) is 4.39 Å². The molecular formula is C8H9FN2S. The molecule has 0 aliphatic carbocycles. The summed E-state index contributed by atoms with van der Waals surface area (Å²) in [6.45, 7) is 0. The van der Waals surface area contributed by atoms with Crippen molar-refractivity contribution in [2.24, 2.45) is 5.73 Å². The van der Waals surface area contributed by atoms with Gasteiger partial charge in [-0.25, -0.2) is 4.39 Å². The highest BCUT2D eigenvalue weighted by Crippen LogP contribution is 2.15. The number of hydrogen-bond acceptors (Lipinski definition) is 2. The summed E-state index contributed by atoms with van der Waals surface area (Å²) in [5.74, 6) is -0.336. The standard InChI is InChI=1S/C8H9FN2S/c1-11-7-3-2-5(9)4-6(7)8(10)12/h2-4,11H,1H3,(H2,10,12). The lowest BCUT2D eigenvalue weighted by Crippen LogP contribution is -2.12. The van der Waals surface area contributed by atoms with E-state index in [1.54, 1.807) is 13.1 Å². The predicted octanol–water partition coefficient (Wildman–Crippen LogP) is 1.50. The second-order valence-corrected chi connectivity index (χ2v) is 2.74. The van der Waals surface area contributed by atoms with Gasteiger partial charge >= 0.3 is 0 Å². The van der Waals surface area contributed by atoms with Crippen LogP contribution < -0.4 is 11.1 Å². The molecule has 0 fully saturated rings. The molecule has 0 atom stereocenters. The Bertz CT molecular complexity index is 312. The molecule has 0 aliphatic heterocycles. The summed E-state index contributed by atoms with van der Waals surface area (Å²) in [5.41, 5.74) is 6.66. The third kappa shape index (κ3) is 1.71. The lowest BCUT2D eigenvalue weighted by Gasteiger charge is -2.06. The van der Waals surface area contributed by atoms with Crippen LogP contribution in [0.5, 0.6) is 0 Å². The van der Waals surface area contributed by atoms with Crippen molar-refractivity contribution in [3.05, 3.63) is 29.6 Å². The molecular weight excluding hydrogens is 175 g/mol. The van der Waals surface area contributed by atoms with E-state index >= 15 is 0 Å². The van der Waals surface area contributed by atoms with E-state index in [2.05, 4.69) is 5.32 Å². The number of nitrogens with one attached hydrogen (secondary N) is 1. The Labute approximate surface area is 75.6 Å². The van der Waals surface area contributed by atoms with Crippen molar-refractivity contribution in [3.63, 3.8) is 0 Å². The third-order valence-electron chi connectivity index (χ3n) is 1.52. The molecule has 2 nitrogen and oxygen atoms in total. The van der Waals surface area contributed by atoms with Crippen molar-refractivity contribution in [3.8, 4) is 0 Å². The van der Waals surface area contributed by atoms with Gasteiger partial charge in [0.1, 0.15) is 10.8 Å². The van der Waals surface area contributed by atoms with Gasteiger partial charge in [-0.05, 0) is 18.2 Å². The van der Waals surface area contributed by atoms with Gasteiger partial charge in [0.05, 0.1) is 0 Å². The van der Waals surface area contributed by atoms with E-state index in [4.69, 9.17) is 18.0 Å². The summed E-state index contributed by atoms with van der Waals surface area (Å²) >= 11 is 4.75. The average Bonchev–Trinajstić information content (AvgIpc) is 2.04. The van der Waals surface area contributed by atoms with Gasteiger partial charge in [0.15, 0.2) is 0 Å². The molecule has 3 N–H and O–H groups in total. The van der Waals surface area contributed by atoms with Crippen LogP contribution in [0.1, 0.15) is 5.56 Å². The largest absolute Gasteiger partial charge is 0.389 e. The van der Waals surface area contributed by atoms with E-state index in [-0.39, 0.29) is 10.8 Å². The first-order valence-electron chi connectivity index (χ1n) is 3.42. The van der Waals surface area contributed by atoms with E-state index in [0.29, 0.717) is 5.56 Å². The fraction of sp³-hybridized carbons (Fsp3) is 0.125. The molecule has 0 saturated heterocycles. The lowest BCUT2D eigenvalue weighted by atomic mass is 10.2. The van der Waals surface area contributed by atoms with Crippen LogP contribution in [0.3, 0.4) is 0 Å². The Hall–Kier alpha value is -1.16. The van der Waals surface area contributed by atoms with E-state index in [1.807, 2.05) is 0 Å². The highest BCUT2D eigenvalue weighted by Gasteiger charge is 2.04. The first-order chi connectivity index (χ1) is 5.65. The molecule has 0 heterocycles. The number of anilines is 1. The first kappa shape index (κ1) is 8.93. The maximum atomic E-state index is 12.7. The Morgan fingerprint density at radius 1 is 1.58 bits per heavy atom. The van der Waals surface area contributed by atoms with Crippen LogP contribution >= 0.6 is 12.2 Å². The van der Waals surface area contributed by atoms with Gasteiger partial charge in [-0.15, -0.1) is 0 Å². The van der Waals surface area contributed by atoms with Crippen LogP contribution in [0, 0.1) is 5.82 Å². The fourth-order valence-corrected chi connectivity index (χ4v) is 1.11. The van der Waals surface area contributed by atoms with Gasteiger partial charge < -0.3 is 11.1 Å². The second kappa shape index (κ2) is 3.49. The minimum absolute atomic E-state index is 0.193. The molecule has 64 valence electrons. The van der Waals surface area contributed by atoms with Gasteiger partial charge in [0.2, 0.25) is 0 Å². The Morgan fingerprint density at radius 2 is 2.25 bits per heavy atom. The minimum atomic E-state index is -0.336. The molecule has 1 aromatic carbocycles. The fourth-order valence-electron chi connectivity index (χ4n) is 0.938. The summed E-state index contributed by atoms with van der Waals surface area (Å²) in [7, 11) is 1.73. The van der Waals surface area contributed by atoms with Gasteiger partial charge in [-0.1, -0.05) is 12.2 Å². The number of rotatable bonds is 2. The van der Waals surface area contributed by atoms with Gasteiger partial charge in [-0.2, -0.15) is 0 Å². The quantitative estimate of drug-likeness (QED) is 0.684. The van der Waals surface area contributed by atoms with E-state index < -0.39 is 0 Å². The number of benzene rings is 1. The van der Waals surface area contributed by atoms with Crippen molar-refractivity contribution in [2.75, 3.05) is 12.4 Å². The Kier molecular flexibility index (Phi) is 2.60. The SMILES string of the molecule is CNc1ccc(F)cc1C(N)=S. The number of thiocarbonyl (C=S) groups is 1. The molecule has 0 spiro atoms. The maximum Gasteiger partial charge on any atom is 0.124 e. The smallest absolute Gasteiger partial charge is 0.124 e. The zero-order valence-corrected chi connectivity index (χ0v) is 7.41. The average molecular weight is 184 g/mol. The normalized spacial score (nSPS) is 9.50. The second-order valence-electron chi connectivity index (χ2n) is 2.30. The minimum Gasteiger partial charge on any atom is -0.389 e. The maximum absolute atomic E-state index is 12.7. The predicted molar refractivity (Wildman–Crippen MR) is 51.8 cm³/mol. The van der Waals surface area contributed by atoms with E-state index in [0.717, 1.165) is 5.69 Å². The van der Waals surface area contributed by atoms with Crippen LogP contribution in [-0.2, 0) is 0 Å².